The number of halogens is 2. The second-order valence-corrected chi connectivity index (χ2v) is 12.9. The van der Waals surface area contributed by atoms with E-state index in [9.17, 15) is 4.39 Å². The molecule has 0 bridgehead atoms. The zero-order valence-corrected chi connectivity index (χ0v) is 31.0. The predicted octanol–water partition coefficient (Wildman–Crippen LogP) is 12.5. The average Bonchev–Trinajstić information content (AvgIpc) is 3.07. The number of benzene rings is 2. The van der Waals surface area contributed by atoms with Crippen LogP contribution in [-0.2, 0) is 4.65 Å². The Morgan fingerprint density at radius 2 is 1.28 bits per heavy atom. The fraction of sp³-hybridized carbons (Fsp3) is 0.675. The molecule has 0 amide bonds. The third kappa shape index (κ3) is 16.7. The first-order valence-electron chi connectivity index (χ1n) is 19.0. The number of rotatable bonds is 26. The number of hydrogen-bond acceptors (Lipinski definition) is 3. The van der Waals surface area contributed by atoms with Crippen LogP contribution in [0.5, 0.6) is 11.5 Å². The summed E-state index contributed by atoms with van der Waals surface area (Å²) in [6, 6.07) is 11.0. The molecule has 2 rings (SSSR count). The predicted molar refractivity (Wildman–Crippen MR) is 197 cm³/mol. The van der Waals surface area contributed by atoms with Gasteiger partial charge in [0.25, 0.3) is 0 Å². The maximum atomic E-state index is 16.0. The van der Waals surface area contributed by atoms with Crippen LogP contribution in [0.15, 0.2) is 42.5 Å². The summed E-state index contributed by atoms with van der Waals surface area (Å²) in [6.45, 7) is 20.5. The molecule has 0 aromatic heterocycles. The maximum Gasteiger partial charge on any atom is 0.788 e. The van der Waals surface area contributed by atoms with Crippen LogP contribution in [0.25, 0.3) is 0 Å². The molecule has 0 radical (unpaired) electrons. The molecule has 0 spiro atoms. The Morgan fingerprint density at radius 1 is 0.681 bits per heavy atom. The summed E-state index contributed by atoms with van der Waals surface area (Å²) in [5, 5.41) is 0. The molecule has 0 aliphatic carbocycles. The minimum atomic E-state index is -1.12. The van der Waals surface area contributed by atoms with Crippen molar-refractivity contribution >= 4 is 7.32 Å². The van der Waals surface area contributed by atoms with Crippen LogP contribution in [0.3, 0.4) is 0 Å². The molecule has 2 aromatic carbocycles. The molecule has 0 aliphatic rings. The monoisotopic (exact) mass is 660 g/mol. The van der Waals surface area contributed by atoms with Gasteiger partial charge in [0, 0.05) is 19.1 Å². The van der Waals surface area contributed by atoms with Gasteiger partial charge >= 0.3 is 7.32 Å². The minimum Gasteiger partial charge on any atom is -0.501 e. The second-order valence-electron chi connectivity index (χ2n) is 12.9. The fourth-order valence-corrected chi connectivity index (χ4v) is 6.11. The van der Waals surface area contributed by atoms with Gasteiger partial charge in [-0.15, -0.1) is 0 Å². The van der Waals surface area contributed by atoms with Gasteiger partial charge in [-0.3, -0.25) is 0 Å². The smallest absolute Gasteiger partial charge is 0.501 e. The molecule has 1 atom stereocenters. The first-order chi connectivity index (χ1) is 22.9. The lowest BCUT2D eigenvalue weighted by Gasteiger charge is -2.46. The van der Waals surface area contributed by atoms with Crippen LogP contribution < -0.4 is 9.31 Å². The average molecular weight is 660 g/mol. The van der Waals surface area contributed by atoms with Crippen molar-refractivity contribution in [1.29, 1.82) is 0 Å². The normalized spacial score (nSPS) is 11.9. The lowest BCUT2D eigenvalue weighted by molar-refractivity contribution is -0.958. The van der Waals surface area contributed by atoms with Crippen molar-refractivity contribution in [1.82, 2.24) is 0 Å². The molecule has 47 heavy (non-hydrogen) atoms. The van der Waals surface area contributed by atoms with E-state index in [1.165, 1.54) is 31.4 Å². The Hall–Kier alpha value is -2.12. The van der Waals surface area contributed by atoms with E-state index < -0.39 is 13.1 Å². The van der Waals surface area contributed by atoms with E-state index in [2.05, 4.69) is 48.5 Å². The number of unbranched alkanes of at least 4 members (excludes halogenated alkanes) is 9. The van der Waals surface area contributed by atoms with Gasteiger partial charge in [0.15, 0.2) is 0 Å². The number of nitrogens with zero attached hydrogens (tertiary/aromatic N) is 1. The molecule has 4 nitrogen and oxygen atoms in total. The molecule has 0 aliphatic heterocycles. The quantitative estimate of drug-likeness (QED) is 0.0435. The van der Waals surface area contributed by atoms with Gasteiger partial charge in [-0.25, -0.2) is 8.78 Å². The Morgan fingerprint density at radius 3 is 1.81 bits per heavy atom. The molecule has 0 N–H and O–H groups in total. The van der Waals surface area contributed by atoms with Gasteiger partial charge in [-0.05, 0) is 49.9 Å². The second kappa shape index (κ2) is 26.8. The molecule has 268 valence electrons. The molecule has 0 saturated heterocycles. The third-order valence-electron chi connectivity index (χ3n) is 8.80. The van der Waals surface area contributed by atoms with Crippen LogP contribution >= 0.6 is 0 Å². The van der Waals surface area contributed by atoms with Gasteiger partial charge < -0.3 is 25.4 Å². The highest BCUT2D eigenvalue weighted by Crippen LogP contribution is 2.41. The van der Waals surface area contributed by atoms with Crippen LogP contribution in [0.2, 0.25) is 0 Å². The van der Waals surface area contributed by atoms with E-state index in [1.807, 2.05) is 6.07 Å². The highest BCUT2D eigenvalue weighted by Gasteiger charge is 2.41. The van der Waals surface area contributed by atoms with E-state index in [0.717, 1.165) is 108 Å². The largest absolute Gasteiger partial charge is 0.788 e. The molecular formula is C40H68BF2NO3. The molecule has 0 saturated carbocycles. The van der Waals surface area contributed by atoms with Crippen molar-refractivity contribution < 1.29 is 27.2 Å². The first-order valence-corrected chi connectivity index (χ1v) is 19.0. The van der Waals surface area contributed by atoms with Gasteiger partial charge in [-0.1, -0.05) is 118 Å². The van der Waals surface area contributed by atoms with Crippen molar-refractivity contribution in [2.24, 2.45) is 0 Å². The van der Waals surface area contributed by atoms with Crippen molar-refractivity contribution in [3.63, 3.8) is 0 Å². The first kappa shape index (κ1) is 42.9. The molecule has 0 heterocycles. The Kier molecular flexibility index (Phi) is 24.5. The van der Waals surface area contributed by atoms with Crippen molar-refractivity contribution in [3.8, 4) is 11.5 Å². The summed E-state index contributed by atoms with van der Waals surface area (Å²) in [7, 11) is -1.12. The highest BCUT2D eigenvalue weighted by molar-refractivity contribution is 6.38. The fourth-order valence-electron chi connectivity index (χ4n) is 6.11. The van der Waals surface area contributed by atoms with Gasteiger partial charge in [-0.2, -0.15) is 6.42 Å². The topological polar surface area (TPSA) is 27.7 Å². The summed E-state index contributed by atoms with van der Waals surface area (Å²) in [5.41, 5.74) is 0.611. The lowest BCUT2D eigenvalue weighted by Crippen LogP contribution is -2.53. The van der Waals surface area contributed by atoms with Crippen LogP contribution in [0, 0.1) is 18.6 Å². The Balaban J connectivity index is 0.00000167. The highest BCUT2D eigenvalue weighted by atomic mass is 19.1. The molecule has 0 fully saturated rings. The van der Waals surface area contributed by atoms with E-state index in [0.29, 0.717) is 23.7 Å². The van der Waals surface area contributed by atoms with Crippen molar-refractivity contribution in [3.05, 3.63) is 66.6 Å². The molecular weight excluding hydrogens is 591 g/mol. The lowest BCUT2D eigenvalue weighted by atomic mass is 9.93. The Bertz CT molecular complexity index is 1010. The molecule has 2 aromatic rings. The van der Waals surface area contributed by atoms with Crippen LogP contribution in [0.1, 0.15) is 156 Å². The van der Waals surface area contributed by atoms with E-state index in [1.54, 1.807) is 24.3 Å². The third-order valence-corrected chi connectivity index (χ3v) is 8.80. The summed E-state index contributed by atoms with van der Waals surface area (Å²) in [4.78, 5) is 0. The van der Waals surface area contributed by atoms with E-state index in [4.69, 9.17) is 14.0 Å². The summed E-state index contributed by atoms with van der Waals surface area (Å²) in [5.74, 6) is 0.111. The molecule has 1 unspecified atom stereocenters. The van der Waals surface area contributed by atoms with Crippen LogP contribution in [0.4, 0.5) is 8.78 Å². The van der Waals surface area contributed by atoms with Crippen molar-refractivity contribution in [2.45, 2.75) is 150 Å². The summed E-state index contributed by atoms with van der Waals surface area (Å²) in [6.07, 6.45) is 17.6. The van der Waals surface area contributed by atoms with Gasteiger partial charge in [0.05, 0.1) is 25.2 Å². The van der Waals surface area contributed by atoms with Gasteiger partial charge in [0.2, 0.25) is 0 Å². The zero-order valence-electron chi connectivity index (χ0n) is 31.0. The summed E-state index contributed by atoms with van der Waals surface area (Å²) >= 11 is 0. The summed E-state index contributed by atoms with van der Waals surface area (Å²) < 4.78 is 49.3. The number of quaternary nitrogens is 1. The minimum absolute atomic E-state index is 0.0415. The van der Waals surface area contributed by atoms with E-state index in [-0.39, 0.29) is 11.9 Å². The zero-order chi connectivity index (χ0) is 34.8. The van der Waals surface area contributed by atoms with Crippen LogP contribution in [-0.4, -0.2) is 38.0 Å². The van der Waals surface area contributed by atoms with Crippen molar-refractivity contribution in [2.75, 3.05) is 26.2 Å². The van der Waals surface area contributed by atoms with Gasteiger partial charge in [0.1, 0.15) is 29.2 Å². The molecule has 7 heteroatoms. The Labute approximate surface area is 288 Å². The van der Waals surface area contributed by atoms with E-state index >= 15 is 4.39 Å². The maximum absolute atomic E-state index is 16.0. The number of hydrogen-bond donors (Lipinski definition) is 0. The SMILES string of the molecule is CCCCCCOB(Oc1cccc(F)c1)Oc1cccc(F)c1C(CCC)[N+](CCCC)(CCCC)CCCC.[CH2-]CCCCC. The standard InChI is InChI=1S/C34H55BF2NO3.C6H13/c1-6-11-15-16-27-39-35(40-30-21-17-20-29(36)28-30)41-33-23-18-22-31(37)34(33)32(19-10-5)38(24-12-7-2,25-13-8-3)26-14-9-4;1-3-5-6-4-2/h17-18,20-23,28,32H,6-16,19,24-27H2,1-5H3;1,3-6H2,2H3/q+1;-1.